The zero-order valence-corrected chi connectivity index (χ0v) is 13.1. The van der Waals surface area contributed by atoms with Gasteiger partial charge in [-0.15, -0.1) is 0 Å². The van der Waals surface area contributed by atoms with E-state index in [0.29, 0.717) is 5.02 Å². The van der Waals surface area contributed by atoms with Gasteiger partial charge in [0.25, 0.3) is 0 Å². The third-order valence-electron chi connectivity index (χ3n) is 3.32. The van der Waals surface area contributed by atoms with E-state index in [2.05, 4.69) is 5.32 Å². The summed E-state index contributed by atoms with van der Waals surface area (Å²) in [5.74, 6) is -0.330. The standard InChI is InChI=1S/C17H18ClNO2/c1-11-7-8-12(2)15(9-11)16(17(20)21-3)19-14-6-4-5-13(18)10-14/h4-10,16,19H,1-3H3. The van der Waals surface area contributed by atoms with Crippen LogP contribution in [0.2, 0.25) is 5.02 Å². The number of methoxy groups -OCH3 is 1. The van der Waals surface area contributed by atoms with Gasteiger partial charge < -0.3 is 10.1 Å². The van der Waals surface area contributed by atoms with Gasteiger partial charge in [0.05, 0.1) is 7.11 Å². The van der Waals surface area contributed by atoms with Crippen LogP contribution in [0.5, 0.6) is 0 Å². The average Bonchev–Trinajstić information content (AvgIpc) is 2.47. The molecular formula is C17H18ClNO2. The van der Waals surface area contributed by atoms with Crippen molar-refractivity contribution in [1.29, 1.82) is 0 Å². The Labute approximate surface area is 129 Å². The van der Waals surface area contributed by atoms with Gasteiger partial charge in [-0.1, -0.05) is 41.4 Å². The molecular weight excluding hydrogens is 286 g/mol. The first-order valence-electron chi connectivity index (χ1n) is 6.68. The minimum Gasteiger partial charge on any atom is -0.467 e. The first-order valence-corrected chi connectivity index (χ1v) is 7.06. The van der Waals surface area contributed by atoms with Crippen molar-refractivity contribution >= 4 is 23.3 Å². The highest BCUT2D eigenvalue weighted by Crippen LogP contribution is 2.26. The maximum Gasteiger partial charge on any atom is 0.332 e. The van der Waals surface area contributed by atoms with E-state index in [1.54, 1.807) is 12.1 Å². The molecule has 0 spiro atoms. The van der Waals surface area contributed by atoms with E-state index >= 15 is 0 Å². The zero-order chi connectivity index (χ0) is 15.4. The SMILES string of the molecule is COC(=O)C(Nc1cccc(Cl)c1)c1cc(C)ccc1C. The van der Waals surface area contributed by atoms with Gasteiger partial charge in [0, 0.05) is 10.7 Å². The Hall–Kier alpha value is -2.00. The maximum absolute atomic E-state index is 12.1. The summed E-state index contributed by atoms with van der Waals surface area (Å²) in [4.78, 5) is 12.1. The fourth-order valence-electron chi connectivity index (χ4n) is 2.20. The summed E-state index contributed by atoms with van der Waals surface area (Å²) in [5.41, 5.74) is 3.81. The smallest absolute Gasteiger partial charge is 0.332 e. The summed E-state index contributed by atoms with van der Waals surface area (Å²) in [5, 5.41) is 3.81. The Morgan fingerprint density at radius 3 is 2.62 bits per heavy atom. The minimum absolute atomic E-state index is 0.330. The second-order valence-electron chi connectivity index (χ2n) is 4.97. The van der Waals surface area contributed by atoms with E-state index in [4.69, 9.17) is 16.3 Å². The molecule has 2 aromatic rings. The first kappa shape index (κ1) is 15.4. The molecule has 0 saturated heterocycles. The van der Waals surface area contributed by atoms with Crippen LogP contribution in [0.15, 0.2) is 42.5 Å². The number of nitrogens with one attached hydrogen (secondary N) is 1. The number of halogens is 1. The molecule has 0 heterocycles. The summed E-state index contributed by atoms with van der Waals surface area (Å²) >= 11 is 5.99. The van der Waals surface area contributed by atoms with Gasteiger partial charge in [-0.25, -0.2) is 4.79 Å². The molecule has 0 bridgehead atoms. The van der Waals surface area contributed by atoms with Gasteiger partial charge in [-0.2, -0.15) is 0 Å². The third kappa shape index (κ3) is 3.76. The molecule has 0 radical (unpaired) electrons. The Balaban J connectivity index is 2.39. The zero-order valence-electron chi connectivity index (χ0n) is 12.3. The van der Waals surface area contributed by atoms with Crippen LogP contribution in [0.3, 0.4) is 0 Å². The van der Waals surface area contributed by atoms with Crippen molar-refractivity contribution in [3.05, 3.63) is 64.2 Å². The number of anilines is 1. The molecule has 0 fully saturated rings. The predicted octanol–water partition coefficient (Wildman–Crippen LogP) is 4.28. The summed E-state index contributed by atoms with van der Waals surface area (Å²) in [6.07, 6.45) is 0. The lowest BCUT2D eigenvalue weighted by Gasteiger charge is -2.20. The number of esters is 1. The summed E-state index contributed by atoms with van der Waals surface area (Å²) < 4.78 is 4.93. The lowest BCUT2D eigenvalue weighted by molar-refractivity contribution is -0.141. The van der Waals surface area contributed by atoms with E-state index in [9.17, 15) is 4.79 Å². The molecule has 0 aliphatic carbocycles. The molecule has 0 aromatic heterocycles. The van der Waals surface area contributed by atoms with E-state index in [1.165, 1.54) is 7.11 Å². The Morgan fingerprint density at radius 1 is 1.19 bits per heavy atom. The van der Waals surface area contributed by atoms with Crippen molar-refractivity contribution in [1.82, 2.24) is 0 Å². The van der Waals surface area contributed by atoms with E-state index in [1.807, 2.05) is 44.2 Å². The molecule has 2 rings (SSSR count). The number of carbonyl (C=O) groups is 1. The van der Waals surface area contributed by atoms with Crippen molar-refractivity contribution in [2.75, 3.05) is 12.4 Å². The molecule has 2 aromatic carbocycles. The molecule has 1 N–H and O–H groups in total. The van der Waals surface area contributed by atoms with Crippen LogP contribution in [-0.4, -0.2) is 13.1 Å². The molecule has 1 atom stereocenters. The monoisotopic (exact) mass is 303 g/mol. The molecule has 0 saturated carbocycles. The second-order valence-corrected chi connectivity index (χ2v) is 5.41. The van der Waals surface area contributed by atoms with Crippen LogP contribution in [-0.2, 0) is 9.53 Å². The Kier molecular flexibility index (Phi) is 4.86. The van der Waals surface area contributed by atoms with E-state index in [0.717, 1.165) is 22.4 Å². The molecule has 110 valence electrons. The summed E-state index contributed by atoms with van der Waals surface area (Å²) in [6, 6.07) is 12.7. The van der Waals surface area contributed by atoms with Gasteiger partial charge in [0.1, 0.15) is 0 Å². The van der Waals surface area contributed by atoms with Gasteiger partial charge in [-0.3, -0.25) is 0 Å². The highest BCUT2D eigenvalue weighted by molar-refractivity contribution is 6.30. The van der Waals surface area contributed by atoms with Crippen molar-refractivity contribution in [2.45, 2.75) is 19.9 Å². The van der Waals surface area contributed by atoms with Crippen LogP contribution in [0.4, 0.5) is 5.69 Å². The van der Waals surface area contributed by atoms with Gasteiger partial charge >= 0.3 is 5.97 Å². The number of hydrogen-bond donors (Lipinski definition) is 1. The van der Waals surface area contributed by atoms with Crippen molar-refractivity contribution in [2.24, 2.45) is 0 Å². The van der Waals surface area contributed by atoms with Gasteiger partial charge in [0.15, 0.2) is 6.04 Å². The minimum atomic E-state index is -0.562. The number of rotatable bonds is 4. The highest BCUT2D eigenvalue weighted by atomic mass is 35.5. The first-order chi connectivity index (χ1) is 10.0. The van der Waals surface area contributed by atoms with Gasteiger partial charge in [0.2, 0.25) is 0 Å². The summed E-state index contributed by atoms with van der Waals surface area (Å²) in [6.45, 7) is 3.97. The molecule has 0 amide bonds. The van der Waals surface area contributed by atoms with Crippen LogP contribution in [0.1, 0.15) is 22.7 Å². The maximum atomic E-state index is 12.1. The van der Waals surface area contributed by atoms with Gasteiger partial charge in [-0.05, 0) is 43.2 Å². The van der Waals surface area contributed by atoms with Crippen LogP contribution in [0, 0.1) is 13.8 Å². The van der Waals surface area contributed by atoms with Crippen molar-refractivity contribution in [3.63, 3.8) is 0 Å². The lowest BCUT2D eigenvalue weighted by atomic mass is 9.98. The fraction of sp³-hybridized carbons (Fsp3) is 0.235. The molecule has 4 heteroatoms. The number of ether oxygens (including phenoxy) is 1. The topological polar surface area (TPSA) is 38.3 Å². The number of carbonyl (C=O) groups excluding carboxylic acids is 1. The van der Waals surface area contributed by atoms with Crippen molar-refractivity contribution < 1.29 is 9.53 Å². The summed E-state index contributed by atoms with van der Waals surface area (Å²) in [7, 11) is 1.39. The fourth-order valence-corrected chi connectivity index (χ4v) is 2.39. The quantitative estimate of drug-likeness (QED) is 0.857. The normalized spacial score (nSPS) is 11.8. The number of hydrogen-bond acceptors (Lipinski definition) is 3. The molecule has 1 unspecified atom stereocenters. The van der Waals surface area contributed by atoms with Crippen LogP contribution < -0.4 is 5.32 Å². The van der Waals surface area contributed by atoms with E-state index < -0.39 is 6.04 Å². The van der Waals surface area contributed by atoms with E-state index in [-0.39, 0.29) is 5.97 Å². The van der Waals surface area contributed by atoms with Crippen LogP contribution in [0.25, 0.3) is 0 Å². The third-order valence-corrected chi connectivity index (χ3v) is 3.55. The Morgan fingerprint density at radius 2 is 1.95 bits per heavy atom. The molecule has 0 aliphatic rings. The predicted molar refractivity (Wildman–Crippen MR) is 85.7 cm³/mol. The van der Waals surface area contributed by atoms with Crippen LogP contribution >= 0.6 is 11.6 Å². The largest absolute Gasteiger partial charge is 0.467 e. The second kappa shape index (κ2) is 6.64. The van der Waals surface area contributed by atoms with Crippen molar-refractivity contribution in [3.8, 4) is 0 Å². The Bertz CT molecular complexity index is 655. The average molecular weight is 304 g/mol. The number of benzene rings is 2. The molecule has 0 aliphatic heterocycles. The molecule has 21 heavy (non-hydrogen) atoms. The number of aryl methyl sites for hydroxylation is 2. The highest BCUT2D eigenvalue weighted by Gasteiger charge is 2.23. The lowest BCUT2D eigenvalue weighted by Crippen LogP contribution is -2.23. The molecule has 3 nitrogen and oxygen atoms in total.